The largest absolute Gasteiger partial charge is 0.458 e. The predicted octanol–water partition coefficient (Wildman–Crippen LogP) is 6.66. The second-order valence-electron chi connectivity index (χ2n) is 11.3. The molecule has 1 N–H and O–H groups in total. The van der Waals surface area contributed by atoms with Crippen molar-refractivity contribution in [3.05, 3.63) is 68.4 Å². The minimum absolute atomic E-state index is 0.0820. The van der Waals surface area contributed by atoms with E-state index in [1.165, 1.54) is 22.9 Å². The number of carbonyl (C=O) groups excluding carboxylic acids is 1. The Balaban J connectivity index is 1.41. The van der Waals surface area contributed by atoms with Crippen LogP contribution in [0.15, 0.2) is 47.4 Å². The Morgan fingerprint density at radius 3 is 2.75 bits per heavy atom. The molecule has 6 heteroatoms. The molecule has 1 unspecified atom stereocenters. The average molecular weight is 528 g/mol. The summed E-state index contributed by atoms with van der Waals surface area (Å²) in [6.07, 6.45) is 5.60. The van der Waals surface area contributed by atoms with Crippen LogP contribution in [0.5, 0.6) is 0 Å². The second kappa shape index (κ2) is 10.2. The molecule has 1 aromatic carbocycles. The summed E-state index contributed by atoms with van der Waals surface area (Å²) in [6, 6.07) is 10.9. The van der Waals surface area contributed by atoms with E-state index in [0.717, 1.165) is 42.9 Å². The van der Waals surface area contributed by atoms with Gasteiger partial charge in [0, 0.05) is 42.3 Å². The zero-order valence-corrected chi connectivity index (χ0v) is 23.3. The molecule has 0 radical (unpaired) electrons. The second-order valence-corrected chi connectivity index (χ2v) is 12.8. The van der Waals surface area contributed by atoms with Crippen molar-refractivity contribution in [1.82, 2.24) is 4.90 Å². The van der Waals surface area contributed by atoms with E-state index in [2.05, 4.69) is 48.4 Å². The first-order valence-electron chi connectivity index (χ1n) is 13.3. The Labute approximate surface area is 224 Å². The fourth-order valence-electron chi connectivity index (χ4n) is 7.10. The number of rotatable bonds is 5. The molecule has 1 saturated carbocycles. The van der Waals surface area contributed by atoms with Crippen molar-refractivity contribution in [1.29, 1.82) is 0 Å². The SMILES string of the molecule is CC(=O)O[C@@H]1C[C@@]2(O)[C@H](C)CC[C@@H]([C@H](C)CN3CCc4sccc4C3c3ccc(Cl)cc3)[C@H]2C=C1C. The molecular formula is C30H38ClNO3S. The zero-order valence-electron chi connectivity index (χ0n) is 21.7. The molecule has 1 aromatic heterocycles. The van der Waals surface area contributed by atoms with E-state index in [-0.39, 0.29) is 30.0 Å². The zero-order chi connectivity index (χ0) is 25.6. The first kappa shape index (κ1) is 26.0. The van der Waals surface area contributed by atoms with Gasteiger partial charge in [0.2, 0.25) is 0 Å². The summed E-state index contributed by atoms with van der Waals surface area (Å²) >= 11 is 8.09. The predicted molar refractivity (Wildman–Crippen MR) is 146 cm³/mol. The number of esters is 1. The molecule has 0 bridgehead atoms. The van der Waals surface area contributed by atoms with Crippen molar-refractivity contribution in [2.24, 2.45) is 23.7 Å². The Bertz CT molecular complexity index is 1130. The lowest BCUT2D eigenvalue weighted by Crippen LogP contribution is -2.56. The Morgan fingerprint density at radius 2 is 2.03 bits per heavy atom. The summed E-state index contributed by atoms with van der Waals surface area (Å²) in [5.41, 5.74) is 2.95. The van der Waals surface area contributed by atoms with E-state index in [1.54, 1.807) is 0 Å². The van der Waals surface area contributed by atoms with Gasteiger partial charge < -0.3 is 9.84 Å². The first-order valence-corrected chi connectivity index (χ1v) is 14.6. The summed E-state index contributed by atoms with van der Waals surface area (Å²) in [5.74, 6) is 0.777. The smallest absolute Gasteiger partial charge is 0.303 e. The monoisotopic (exact) mass is 527 g/mol. The number of halogens is 1. The molecule has 194 valence electrons. The highest BCUT2D eigenvalue weighted by atomic mass is 35.5. The summed E-state index contributed by atoms with van der Waals surface area (Å²) < 4.78 is 5.60. The quantitative estimate of drug-likeness (QED) is 0.349. The summed E-state index contributed by atoms with van der Waals surface area (Å²) in [7, 11) is 0. The van der Waals surface area contributed by atoms with Crippen LogP contribution in [0.25, 0.3) is 0 Å². The van der Waals surface area contributed by atoms with Crippen LogP contribution in [0.3, 0.4) is 0 Å². The van der Waals surface area contributed by atoms with Gasteiger partial charge in [-0.3, -0.25) is 9.69 Å². The fraction of sp³-hybridized carbons (Fsp3) is 0.567. The third-order valence-corrected chi connectivity index (χ3v) is 10.3. The number of benzene rings is 1. The van der Waals surface area contributed by atoms with Crippen LogP contribution in [-0.4, -0.2) is 40.8 Å². The number of hydrogen-bond donors (Lipinski definition) is 1. The molecule has 4 nitrogen and oxygen atoms in total. The van der Waals surface area contributed by atoms with Crippen molar-refractivity contribution in [3.8, 4) is 0 Å². The van der Waals surface area contributed by atoms with Gasteiger partial charge in [0.1, 0.15) is 6.10 Å². The molecule has 3 aliphatic rings. The molecule has 36 heavy (non-hydrogen) atoms. The summed E-state index contributed by atoms with van der Waals surface area (Å²) in [6.45, 7) is 10.0. The highest BCUT2D eigenvalue weighted by molar-refractivity contribution is 7.10. The van der Waals surface area contributed by atoms with E-state index in [4.69, 9.17) is 16.3 Å². The fourth-order valence-corrected chi connectivity index (χ4v) is 8.13. The van der Waals surface area contributed by atoms with E-state index >= 15 is 0 Å². The van der Waals surface area contributed by atoms with Gasteiger partial charge in [-0.1, -0.05) is 43.7 Å². The Morgan fingerprint density at radius 1 is 1.28 bits per heavy atom. The topological polar surface area (TPSA) is 49.8 Å². The molecular weight excluding hydrogens is 490 g/mol. The van der Waals surface area contributed by atoms with Crippen LogP contribution >= 0.6 is 22.9 Å². The number of ether oxygens (including phenoxy) is 1. The molecule has 0 amide bonds. The van der Waals surface area contributed by atoms with Gasteiger partial charge in [0.25, 0.3) is 0 Å². The van der Waals surface area contributed by atoms with Crippen molar-refractivity contribution in [3.63, 3.8) is 0 Å². The van der Waals surface area contributed by atoms with Crippen LogP contribution in [0.2, 0.25) is 5.02 Å². The lowest BCUT2D eigenvalue weighted by atomic mass is 9.57. The van der Waals surface area contributed by atoms with Crippen LogP contribution < -0.4 is 0 Å². The highest BCUT2D eigenvalue weighted by Gasteiger charge is 2.53. The maximum atomic E-state index is 12.0. The molecule has 2 aromatic rings. The molecule has 0 saturated heterocycles. The number of hydrogen-bond acceptors (Lipinski definition) is 5. The summed E-state index contributed by atoms with van der Waals surface area (Å²) in [4.78, 5) is 15.8. The van der Waals surface area contributed by atoms with Crippen LogP contribution in [0, 0.1) is 23.7 Å². The van der Waals surface area contributed by atoms with Crippen molar-refractivity contribution < 1.29 is 14.6 Å². The normalized spacial score (nSPS) is 33.3. The maximum absolute atomic E-state index is 12.0. The van der Waals surface area contributed by atoms with E-state index in [0.29, 0.717) is 18.3 Å². The number of fused-ring (bicyclic) bond motifs is 2. The number of thiophene rings is 1. The molecule has 1 fully saturated rings. The highest BCUT2D eigenvalue weighted by Crippen LogP contribution is 2.51. The third-order valence-electron chi connectivity index (χ3n) is 9.10. The van der Waals surface area contributed by atoms with Crippen molar-refractivity contribution in [2.45, 2.75) is 71.1 Å². The van der Waals surface area contributed by atoms with E-state index in [1.807, 2.05) is 30.4 Å². The Hall–Kier alpha value is -1.66. The van der Waals surface area contributed by atoms with Crippen molar-refractivity contribution >= 4 is 28.9 Å². The van der Waals surface area contributed by atoms with E-state index in [9.17, 15) is 9.90 Å². The van der Waals surface area contributed by atoms with Gasteiger partial charge in [0.05, 0.1) is 11.6 Å². The van der Waals surface area contributed by atoms with Gasteiger partial charge in [-0.05, 0) is 84.2 Å². The molecule has 1 aliphatic heterocycles. The number of carbonyl (C=O) groups is 1. The van der Waals surface area contributed by atoms with Gasteiger partial charge in [0.15, 0.2) is 0 Å². The minimum atomic E-state index is -0.838. The molecule has 2 aliphatic carbocycles. The van der Waals surface area contributed by atoms with Gasteiger partial charge in [-0.25, -0.2) is 0 Å². The molecule has 2 heterocycles. The van der Waals surface area contributed by atoms with Crippen LogP contribution in [0.1, 0.15) is 69.0 Å². The first-order chi connectivity index (χ1) is 17.2. The standard InChI is InChI=1S/C30H38ClNO3S/c1-18-15-26-24(10-5-20(3)30(26,34)16-27(18)35-21(4)33)19(2)17-32-13-11-28-25(12-14-36-28)29(32)22-6-8-23(31)9-7-22/h6-9,12,14-15,19-20,24,26-27,29,34H,5,10-11,13,16-17H2,1-4H3/t19-,20-,24+,26-,27-,29?,30-/m1/s1. The minimum Gasteiger partial charge on any atom is -0.458 e. The lowest BCUT2D eigenvalue weighted by Gasteiger charge is -2.53. The number of nitrogens with zero attached hydrogens (tertiary/aromatic N) is 1. The number of aliphatic hydroxyl groups is 1. The third kappa shape index (κ3) is 4.80. The van der Waals surface area contributed by atoms with Crippen molar-refractivity contribution in [2.75, 3.05) is 13.1 Å². The van der Waals surface area contributed by atoms with Crippen LogP contribution in [0.4, 0.5) is 0 Å². The summed E-state index contributed by atoms with van der Waals surface area (Å²) in [5, 5.41) is 15.0. The van der Waals surface area contributed by atoms with Gasteiger partial charge in [-0.15, -0.1) is 11.3 Å². The lowest BCUT2D eigenvalue weighted by molar-refractivity contribution is -0.159. The van der Waals surface area contributed by atoms with Crippen LogP contribution in [-0.2, 0) is 16.0 Å². The van der Waals surface area contributed by atoms with E-state index < -0.39 is 5.60 Å². The van der Waals surface area contributed by atoms with Gasteiger partial charge >= 0.3 is 5.97 Å². The average Bonchev–Trinajstić information content (AvgIpc) is 3.30. The molecule has 5 rings (SSSR count). The molecule has 7 atom stereocenters. The Kier molecular flexibility index (Phi) is 7.39. The van der Waals surface area contributed by atoms with Gasteiger partial charge in [-0.2, -0.15) is 0 Å². The maximum Gasteiger partial charge on any atom is 0.303 e. The molecule has 0 spiro atoms.